The van der Waals surface area contributed by atoms with E-state index in [9.17, 15) is 4.79 Å². The summed E-state index contributed by atoms with van der Waals surface area (Å²) in [5.41, 5.74) is 5.63. The molecule has 0 saturated heterocycles. The van der Waals surface area contributed by atoms with Crippen LogP contribution in [-0.2, 0) is 9.47 Å². The van der Waals surface area contributed by atoms with E-state index < -0.39 is 6.09 Å². The second kappa shape index (κ2) is 5.73. The summed E-state index contributed by atoms with van der Waals surface area (Å²) in [6.07, 6.45) is -0.774. The van der Waals surface area contributed by atoms with Gasteiger partial charge in [-0.15, -0.1) is 0 Å². The van der Waals surface area contributed by atoms with Gasteiger partial charge in [0.05, 0.1) is 13.2 Å². The molecule has 0 aromatic rings. The molecule has 1 amide bonds. The zero-order chi connectivity index (χ0) is 8.69. The first-order chi connectivity index (χ1) is 5.13. The lowest BCUT2D eigenvalue weighted by atomic mass is 10.4. The number of ether oxygens (including phenoxy) is 2. The molecular formula is C7H13NO3. The lowest BCUT2D eigenvalue weighted by molar-refractivity contribution is 0.0874. The van der Waals surface area contributed by atoms with E-state index in [-0.39, 0.29) is 6.61 Å². The molecule has 0 rings (SSSR count). The molecule has 0 spiro atoms. The number of amides is 1. The van der Waals surface area contributed by atoms with Gasteiger partial charge in [-0.05, 0) is 6.92 Å². The minimum absolute atomic E-state index is 0.197. The van der Waals surface area contributed by atoms with Gasteiger partial charge in [0.1, 0.15) is 6.61 Å². The van der Waals surface area contributed by atoms with Crippen LogP contribution in [0.15, 0.2) is 12.2 Å². The van der Waals surface area contributed by atoms with Crippen molar-refractivity contribution < 1.29 is 14.3 Å². The molecule has 64 valence electrons. The SMILES string of the molecule is C=C(C)COCCOC(N)=O. The lowest BCUT2D eigenvalue weighted by Crippen LogP contribution is -2.16. The van der Waals surface area contributed by atoms with Crippen molar-refractivity contribution in [2.24, 2.45) is 5.73 Å². The number of primary amides is 1. The maximum absolute atomic E-state index is 10.0. The molecule has 0 heterocycles. The summed E-state index contributed by atoms with van der Waals surface area (Å²) in [6.45, 7) is 6.53. The number of carbonyl (C=O) groups is 1. The fourth-order valence-electron chi connectivity index (χ4n) is 0.448. The molecule has 0 saturated carbocycles. The number of nitrogens with two attached hydrogens (primary N) is 1. The zero-order valence-corrected chi connectivity index (χ0v) is 6.63. The van der Waals surface area contributed by atoms with E-state index >= 15 is 0 Å². The van der Waals surface area contributed by atoms with E-state index in [1.807, 2.05) is 6.92 Å². The number of hydrogen-bond donors (Lipinski definition) is 1. The second-order valence-electron chi connectivity index (χ2n) is 2.18. The molecular weight excluding hydrogens is 146 g/mol. The smallest absolute Gasteiger partial charge is 0.404 e. The fraction of sp³-hybridized carbons (Fsp3) is 0.571. The van der Waals surface area contributed by atoms with Crippen LogP contribution in [0.3, 0.4) is 0 Å². The normalized spacial score (nSPS) is 9.18. The Labute approximate surface area is 66.0 Å². The first-order valence-corrected chi connectivity index (χ1v) is 3.27. The molecule has 0 aliphatic carbocycles. The van der Waals surface area contributed by atoms with Gasteiger partial charge in [0.2, 0.25) is 0 Å². The van der Waals surface area contributed by atoms with Crippen molar-refractivity contribution in [3.63, 3.8) is 0 Å². The van der Waals surface area contributed by atoms with Crippen molar-refractivity contribution >= 4 is 6.09 Å². The van der Waals surface area contributed by atoms with Crippen molar-refractivity contribution in [2.75, 3.05) is 19.8 Å². The third kappa shape index (κ3) is 8.97. The Bertz CT molecular complexity index is 129. The Morgan fingerprint density at radius 2 is 2.18 bits per heavy atom. The van der Waals surface area contributed by atoms with Gasteiger partial charge in [-0.1, -0.05) is 12.2 Å². The molecule has 0 bridgehead atoms. The summed E-state index contributed by atoms with van der Waals surface area (Å²) in [7, 11) is 0. The van der Waals surface area contributed by atoms with Crippen LogP contribution in [0.4, 0.5) is 4.79 Å². The van der Waals surface area contributed by atoms with E-state index in [1.54, 1.807) is 0 Å². The molecule has 4 heteroatoms. The van der Waals surface area contributed by atoms with Gasteiger partial charge >= 0.3 is 6.09 Å². The Hall–Kier alpha value is -1.03. The van der Waals surface area contributed by atoms with E-state index in [0.717, 1.165) is 5.57 Å². The highest BCUT2D eigenvalue weighted by molar-refractivity contribution is 5.64. The van der Waals surface area contributed by atoms with Gasteiger partial charge in [0.15, 0.2) is 0 Å². The minimum Gasteiger partial charge on any atom is -0.447 e. The maximum Gasteiger partial charge on any atom is 0.404 e. The second-order valence-corrected chi connectivity index (χ2v) is 2.18. The van der Waals surface area contributed by atoms with Crippen molar-refractivity contribution in [2.45, 2.75) is 6.92 Å². The van der Waals surface area contributed by atoms with Crippen LogP contribution in [-0.4, -0.2) is 25.9 Å². The van der Waals surface area contributed by atoms with Gasteiger partial charge in [-0.3, -0.25) is 0 Å². The van der Waals surface area contributed by atoms with Crippen LogP contribution < -0.4 is 5.73 Å². The van der Waals surface area contributed by atoms with Gasteiger partial charge in [-0.25, -0.2) is 4.79 Å². The standard InChI is InChI=1S/C7H13NO3/c1-6(2)5-10-3-4-11-7(8)9/h1,3-5H2,2H3,(H2,8,9). The molecule has 0 radical (unpaired) electrons. The van der Waals surface area contributed by atoms with Crippen LogP contribution in [0.1, 0.15) is 6.92 Å². The summed E-state index contributed by atoms with van der Waals surface area (Å²) >= 11 is 0. The number of rotatable bonds is 5. The van der Waals surface area contributed by atoms with E-state index in [2.05, 4.69) is 11.3 Å². The van der Waals surface area contributed by atoms with Crippen molar-refractivity contribution in [3.8, 4) is 0 Å². The fourth-order valence-corrected chi connectivity index (χ4v) is 0.448. The topological polar surface area (TPSA) is 61.6 Å². The highest BCUT2D eigenvalue weighted by atomic mass is 16.6. The van der Waals surface area contributed by atoms with Crippen LogP contribution >= 0.6 is 0 Å². The molecule has 11 heavy (non-hydrogen) atoms. The third-order valence-electron chi connectivity index (χ3n) is 0.820. The summed E-state index contributed by atoms with van der Waals surface area (Å²) < 4.78 is 9.42. The summed E-state index contributed by atoms with van der Waals surface area (Å²) in [6, 6.07) is 0. The van der Waals surface area contributed by atoms with E-state index in [0.29, 0.717) is 13.2 Å². The van der Waals surface area contributed by atoms with Gasteiger partial charge < -0.3 is 15.2 Å². The highest BCUT2D eigenvalue weighted by Crippen LogP contribution is 1.87. The molecule has 0 aromatic carbocycles. The quantitative estimate of drug-likeness (QED) is 0.474. The molecule has 0 atom stereocenters. The van der Waals surface area contributed by atoms with Crippen LogP contribution in [0, 0.1) is 0 Å². The molecule has 4 nitrogen and oxygen atoms in total. The maximum atomic E-state index is 10.0. The Kier molecular flexibility index (Phi) is 5.20. The van der Waals surface area contributed by atoms with Crippen molar-refractivity contribution in [3.05, 3.63) is 12.2 Å². The molecule has 0 aliphatic heterocycles. The van der Waals surface area contributed by atoms with Crippen LogP contribution in [0.5, 0.6) is 0 Å². The molecule has 2 N–H and O–H groups in total. The largest absolute Gasteiger partial charge is 0.447 e. The molecule has 0 unspecified atom stereocenters. The average molecular weight is 159 g/mol. The highest BCUT2D eigenvalue weighted by Gasteiger charge is 1.92. The van der Waals surface area contributed by atoms with E-state index in [4.69, 9.17) is 10.5 Å². The molecule has 0 aliphatic rings. The van der Waals surface area contributed by atoms with Gasteiger partial charge in [0.25, 0.3) is 0 Å². The van der Waals surface area contributed by atoms with Gasteiger partial charge in [0, 0.05) is 0 Å². The first kappa shape index (κ1) is 9.97. The predicted octanol–water partition coefficient (Wildman–Crippen LogP) is 0.674. The Morgan fingerprint density at radius 3 is 2.64 bits per heavy atom. The number of carbonyl (C=O) groups excluding carboxylic acids is 1. The van der Waals surface area contributed by atoms with Crippen molar-refractivity contribution in [1.29, 1.82) is 0 Å². The van der Waals surface area contributed by atoms with Gasteiger partial charge in [-0.2, -0.15) is 0 Å². The number of hydrogen-bond acceptors (Lipinski definition) is 3. The monoisotopic (exact) mass is 159 g/mol. The molecule has 0 aromatic heterocycles. The Balaban J connectivity index is 3.03. The predicted molar refractivity (Wildman–Crippen MR) is 41.2 cm³/mol. The Morgan fingerprint density at radius 1 is 1.55 bits per heavy atom. The molecule has 0 fully saturated rings. The average Bonchev–Trinajstić information content (AvgIpc) is 1.85. The first-order valence-electron chi connectivity index (χ1n) is 3.27. The third-order valence-corrected chi connectivity index (χ3v) is 0.820. The summed E-state index contributed by atoms with van der Waals surface area (Å²) in [5.74, 6) is 0. The minimum atomic E-state index is -0.774. The van der Waals surface area contributed by atoms with Crippen molar-refractivity contribution in [1.82, 2.24) is 0 Å². The summed E-state index contributed by atoms with van der Waals surface area (Å²) in [5, 5.41) is 0. The lowest BCUT2D eigenvalue weighted by Gasteiger charge is -2.02. The zero-order valence-electron chi connectivity index (χ0n) is 6.63. The van der Waals surface area contributed by atoms with E-state index in [1.165, 1.54) is 0 Å². The summed E-state index contributed by atoms with van der Waals surface area (Å²) in [4.78, 5) is 10.0. The van der Waals surface area contributed by atoms with Crippen LogP contribution in [0.2, 0.25) is 0 Å². The van der Waals surface area contributed by atoms with Crippen LogP contribution in [0.25, 0.3) is 0 Å².